The van der Waals surface area contributed by atoms with Crippen LogP contribution in [0.15, 0.2) is 78.9 Å². The molecule has 0 aliphatic carbocycles. The fourth-order valence-electron chi connectivity index (χ4n) is 3.39. The SMILES string of the molecule is CC(C)(C)[P@@]1COc2cccc(P(c3ccccc3)c3ccccc3)c21. The molecule has 1 aliphatic rings. The second-order valence-corrected chi connectivity index (χ2v) is 12.6. The third-order valence-corrected chi connectivity index (χ3v) is 10.3. The molecule has 0 unspecified atom stereocenters. The summed E-state index contributed by atoms with van der Waals surface area (Å²) in [6.07, 6.45) is 0.845. The summed E-state index contributed by atoms with van der Waals surface area (Å²) >= 11 is 0. The van der Waals surface area contributed by atoms with Crippen molar-refractivity contribution in [3.05, 3.63) is 78.9 Å². The molecule has 1 atom stereocenters. The van der Waals surface area contributed by atoms with Gasteiger partial charge >= 0.3 is 0 Å². The minimum absolute atomic E-state index is 0.241. The fourth-order valence-corrected chi connectivity index (χ4v) is 8.61. The summed E-state index contributed by atoms with van der Waals surface area (Å²) < 4.78 is 6.14. The summed E-state index contributed by atoms with van der Waals surface area (Å²) in [5.74, 6) is 1.10. The van der Waals surface area contributed by atoms with E-state index >= 15 is 0 Å². The lowest BCUT2D eigenvalue weighted by molar-refractivity contribution is 0.400. The first-order chi connectivity index (χ1) is 12.6. The Morgan fingerprint density at radius 3 is 1.88 bits per heavy atom. The number of rotatable bonds is 3. The van der Waals surface area contributed by atoms with E-state index in [2.05, 4.69) is 99.6 Å². The van der Waals surface area contributed by atoms with Crippen LogP contribution in [0.3, 0.4) is 0 Å². The molecule has 1 heterocycles. The summed E-state index contributed by atoms with van der Waals surface area (Å²) in [6.45, 7) is 7.05. The predicted molar refractivity (Wildman–Crippen MR) is 117 cm³/mol. The van der Waals surface area contributed by atoms with Gasteiger partial charge in [0.25, 0.3) is 0 Å². The van der Waals surface area contributed by atoms with E-state index in [4.69, 9.17) is 4.74 Å². The van der Waals surface area contributed by atoms with Gasteiger partial charge in [-0.2, -0.15) is 0 Å². The van der Waals surface area contributed by atoms with E-state index in [1.165, 1.54) is 21.2 Å². The molecule has 0 bridgehead atoms. The van der Waals surface area contributed by atoms with Crippen LogP contribution in [0.5, 0.6) is 5.75 Å². The summed E-state index contributed by atoms with van der Waals surface area (Å²) in [5, 5.41) is 5.99. The van der Waals surface area contributed by atoms with E-state index in [0.29, 0.717) is 0 Å². The average Bonchev–Trinajstić information content (AvgIpc) is 3.09. The molecule has 1 aliphatic heterocycles. The van der Waals surface area contributed by atoms with Crippen LogP contribution in [0.25, 0.3) is 0 Å². The molecule has 0 aromatic heterocycles. The molecule has 0 fully saturated rings. The molecule has 0 amide bonds. The third kappa shape index (κ3) is 3.32. The number of benzene rings is 3. The van der Waals surface area contributed by atoms with Gasteiger partial charge in [0.1, 0.15) is 12.1 Å². The first-order valence-corrected chi connectivity index (χ1v) is 11.9. The molecule has 3 aromatic rings. The molecule has 26 heavy (non-hydrogen) atoms. The Morgan fingerprint density at radius 1 is 0.769 bits per heavy atom. The molecule has 132 valence electrons. The zero-order valence-corrected chi connectivity index (χ0v) is 17.3. The Hall–Kier alpha value is -1.68. The lowest BCUT2D eigenvalue weighted by Crippen LogP contribution is -2.32. The lowest BCUT2D eigenvalue weighted by atomic mass is 10.3. The number of hydrogen-bond acceptors (Lipinski definition) is 1. The maximum atomic E-state index is 6.14. The molecule has 0 spiro atoms. The lowest BCUT2D eigenvalue weighted by Gasteiger charge is -2.30. The van der Waals surface area contributed by atoms with E-state index in [0.717, 1.165) is 12.1 Å². The van der Waals surface area contributed by atoms with Crippen molar-refractivity contribution < 1.29 is 4.74 Å². The highest BCUT2D eigenvalue weighted by Crippen LogP contribution is 2.54. The van der Waals surface area contributed by atoms with E-state index in [-0.39, 0.29) is 13.1 Å². The van der Waals surface area contributed by atoms with Gasteiger partial charge in [-0.3, -0.25) is 0 Å². The van der Waals surface area contributed by atoms with Crippen LogP contribution in [0.2, 0.25) is 0 Å². The van der Waals surface area contributed by atoms with Gasteiger partial charge in [-0.1, -0.05) is 93.6 Å². The van der Waals surface area contributed by atoms with Gasteiger partial charge in [0.05, 0.1) is 0 Å². The van der Waals surface area contributed by atoms with Crippen LogP contribution in [0, 0.1) is 0 Å². The average molecular weight is 378 g/mol. The predicted octanol–water partition coefficient (Wildman–Crippen LogP) is 4.70. The zero-order valence-electron chi connectivity index (χ0n) is 15.5. The van der Waals surface area contributed by atoms with Crippen LogP contribution in [0.1, 0.15) is 20.8 Å². The highest BCUT2D eigenvalue weighted by atomic mass is 31.1. The monoisotopic (exact) mass is 378 g/mol. The second kappa shape index (κ2) is 7.15. The van der Waals surface area contributed by atoms with Gasteiger partial charge < -0.3 is 4.74 Å². The van der Waals surface area contributed by atoms with Crippen LogP contribution >= 0.6 is 15.8 Å². The molecular formula is C23H24OP2. The Labute approximate surface area is 158 Å². The van der Waals surface area contributed by atoms with Crippen LogP contribution in [-0.2, 0) is 0 Å². The summed E-state index contributed by atoms with van der Waals surface area (Å²) in [6, 6.07) is 28.5. The number of ether oxygens (including phenoxy) is 1. The highest BCUT2D eigenvalue weighted by Gasteiger charge is 2.37. The Balaban J connectivity index is 1.93. The van der Waals surface area contributed by atoms with Crippen LogP contribution in [0.4, 0.5) is 0 Å². The Bertz CT molecular complexity index is 846. The van der Waals surface area contributed by atoms with E-state index in [9.17, 15) is 0 Å². The number of fused-ring (bicyclic) bond motifs is 1. The second-order valence-electron chi connectivity index (χ2n) is 7.50. The van der Waals surface area contributed by atoms with Crippen molar-refractivity contribution in [1.82, 2.24) is 0 Å². The first-order valence-electron chi connectivity index (χ1n) is 8.99. The van der Waals surface area contributed by atoms with Gasteiger partial charge in [-0.05, 0) is 43.0 Å². The molecule has 0 radical (unpaired) electrons. The molecule has 0 N–H and O–H groups in total. The minimum Gasteiger partial charge on any atom is -0.488 e. The molecule has 3 heteroatoms. The van der Waals surface area contributed by atoms with Crippen molar-refractivity contribution in [2.75, 3.05) is 6.35 Å². The first kappa shape index (κ1) is 17.7. The fraction of sp³-hybridized carbons (Fsp3) is 0.217. The van der Waals surface area contributed by atoms with Crippen molar-refractivity contribution in [3.8, 4) is 5.75 Å². The molecule has 1 nitrogen and oxygen atoms in total. The third-order valence-electron chi connectivity index (χ3n) is 4.68. The molecule has 4 rings (SSSR count). The molecule has 0 saturated carbocycles. The van der Waals surface area contributed by atoms with Gasteiger partial charge in [-0.25, -0.2) is 0 Å². The number of hydrogen-bond donors (Lipinski definition) is 0. The smallest absolute Gasteiger partial charge is 0.128 e. The standard InChI is InChI=1S/C23H24OP2/c1-23(2,3)25-17-24-20-15-10-16-21(22(20)25)26(18-11-6-4-7-12-18)19-13-8-5-9-14-19/h4-16H,17H2,1-3H3/t25-/m0/s1. The largest absolute Gasteiger partial charge is 0.488 e. The van der Waals surface area contributed by atoms with Crippen molar-refractivity contribution >= 4 is 37.1 Å². The van der Waals surface area contributed by atoms with E-state index in [1.807, 2.05) is 0 Å². The summed E-state index contributed by atoms with van der Waals surface area (Å²) in [4.78, 5) is 0. The molecular weight excluding hydrogens is 354 g/mol. The van der Waals surface area contributed by atoms with Crippen molar-refractivity contribution in [1.29, 1.82) is 0 Å². The molecule has 3 aromatic carbocycles. The highest BCUT2D eigenvalue weighted by molar-refractivity contribution is 7.82. The van der Waals surface area contributed by atoms with Gasteiger partial charge in [0, 0.05) is 5.30 Å². The zero-order chi connectivity index (χ0) is 18.1. The Kier molecular flexibility index (Phi) is 4.87. The van der Waals surface area contributed by atoms with Gasteiger partial charge in [0.15, 0.2) is 0 Å². The van der Waals surface area contributed by atoms with Gasteiger partial charge in [0.2, 0.25) is 0 Å². The van der Waals surface area contributed by atoms with Crippen molar-refractivity contribution in [2.24, 2.45) is 0 Å². The van der Waals surface area contributed by atoms with Crippen LogP contribution in [-0.4, -0.2) is 11.5 Å². The van der Waals surface area contributed by atoms with Crippen LogP contribution < -0.4 is 26.0 Å². The summed E-state index contributed by atoms with van der Waals surface area (Å²) in [5.41, 5.74) is 0. The van der Waals surface area contributed by atoms with Crippen molar-refractivity contribution in [2.45, 2.75) is 25.9 Å². The maximum absolute atomic E-state index is 6.14. The summed E-state index contributed by atoms with van der Waals surface area (Å²) in [7, 11) is -0.928. The minimum atomic E-state index is -0.586. The molecule has 0 saturated heterocycles. The van der Waals surface area contributed by atoms with Gasteiger partial charge in [-0.15, -0.1) is 0 Å². The van der Waals surface area contributed by atoms with E-state index in [1.54, 1.807) is 0 Å². The normalized spacial score (nSPS) is 16.4. The topological polar surface area (TPSA) is 9.23 Å². The maximum Gasteiger partial charge on any atom is 0.128 e. The van der Waals surface area contributed by atoms with E-state index < -0.39 is 7.92 Å². The Morgan fingerprint density at radius 2 is 1.35 bits per heavy atom. The van der Waals surface area contributed by atoms with Crippen molar-refractivity contribution in [3.63, 3.8) is 0 Å². The quantitative estimate of drug-likeness (QED) is 0.601.